The fourth-order valence-corrected chi connectivity index (χ4v) is 7.13. The second-order valence-corrected chi connectivity index (χ2v) is 13.2. The van der Waals surface area contributed by atoms with Crippen molar-refractivity contribution in [2.45, 2.75) is 44.9 Å². The molecule has 3 aromatic carbocycles. The standard InChI is InChI=1S/C33H33Cl2FN2O5/c1-32(2,3)16-18-14-23(30(40)37-20-9-11-21(12-10-20)43-17-27(39)42-4)28(22-6-5-7-25(35)29(22)36)33(18)24-13-8-19(34)15-26(24)38-31(33)41/h5-13,15,18,23,28H,14,16-17H2,1-4H3,(H,37,40)(H,38,41)/t18-,23+,28-,33-/m0/s1. The van der Waals surface area contributed by atoms with Crippen LogP contribution in [0.25, 0.3) is 0 Å². The number of amides is 2. The molecule has 7 nitrogen and oxygen atoms in total. The van der Waals surface area contributed by atoms with Crippen LogP contribution in [0.1, 0.15) is 50.7 Å². The summed E-state index contributed by atoms with van der Waals surface area (Å²) >= 11 is 12.6. The van der Waals surface area contributed by atoms with Gasteiger partial charge in [-0.25, -0.2) is 9.18 Å². The summed E-state index contributed by atoms with van der Waals surface area (Å²) in [5, 5.41) is 6.35. The van der Waals surface area contributed by atoms with E-state index in [1.54, 1.807) is 48.5 Å². The van der Waals surface area contributed by atoms with Crippen molar-refractivity contribution < 1.29 is 28.2 Å². The highest BCUT2D eigenvalue weighted by Gasteiger charge is 2.66. The van der Waals surface area contributed by atoms with Gasteiger partial charge in [-0.3, -0.25) is 9.59 Å². The molecule has 2 amide bonds. The minimum absolute atomic E-state index is 0.0802. The highest BCUT2D eigenvalue weighted by atomic mass is 35.5. The number of methoxy groups -OCH3 is 1. The third-order valence-corrected chi connectivity index (χ3v) is 8.87. The van der Waals surface area contributed by atoms with Crippen LogP contribution in [-0.2, 0) is 24.5 Å². The van der Waals surface area contributed by atoms with Crippen LogP contribution in [0, 0.1) is 23.1 Å². The largest absolute Gasteiger partial charge is 0.482 e. The normalized spacial score (nSPS) is 22.7. The number of hydrogen-bond acceptors (Lipinski definition) is 5. The summed E-state index contributed by atoms with van der Waals surface area (Å²) in [6, 6.07) is 16.5. The molecule has 3 aromatic rings. The number of hydrogen-bond donors (Lipinski definition) is 2. The molecule has 1 spiro atoms. The molecule has 43 heavy (non-hydrogen) atoms. The van der Waals surface area contributed by atoms with Crippen LogP contribution in [0.3, 0.4) is 0 Å². The van der Waals surface area contributed by atoms with Crippen molar-refractivity contribution >= 4 is 52.4 Å². The predicted octanol–water partition coefficient (Wildman–Crippen LogP) is 7.37. The molecule has 1 fully saturated rings. The number of ether oxygens (including phenoxy) is 2. The zero-order chi connectivity index (χ0) is 31.1. The van der Waals surface area contributed by atoms with Gasteiger partial charge in [0.25, 0.3) is 0 Å². The summed E-state index contributed by atoms with van der Waals surface area (Å²) in [7, 11) is 1.27. The first-order chi connectivity index (χ1) is 20.3. The molecule has 226 valence electrons. The number of fused-ring (bicyclic) bond motifs is 2. The molecule has 1 aliphatic carbocycles. The maximum absolute atomic E-state index is 15.9. The van der Waals surface area contributed by atoms with E-state index in [2.05, 4.69) is 36.1 Å². The maximum Gasteiger partial charge on any atom is 0.343 e. The molecule has 10 heteroatoms. The van der Waals surface area contributed by atoms with E-state index in [9.17, 15) is 14.4 Å². The third kappa shape index (κ3) is 5.83. The molecule has 4 atom stereocenters. The summed E-state index contributed by atoms with van der Waals surface area (Å²) in [5.74, 6) is -3.31. The van der Waals surface area contributed by atoms with Crippen molar-refractivity contribution in [2.75, 3.05) is 24.4 Å². The molecule has 0 aromatic heterocycles. The molecule has 1 aliphatic heterocycles. The Bertz CT molecular complexity index is 1570. The molecule has 5 rings (SSSR count). The molecule has 0 radical (unpaired) electrons. The Labute approximate surface area is 260 Å². The topological polar surface area (TPSA) is 93.7 Å². The lowest BCUT2D eigenvalue weighted by Crippen LogP contribution is -2.45. The van der Waals surface area contributed by atoms with E-state index in [1.165, 1.54) is 13.2 Å². The van der Waals surface area contributed by atoms with Crippen molar-refractivity contribution in [3.8, 4) is 5.75 Å². The van der Waals surface area contributed by atoms with E-state index in [0.29, 0.717) is 40.6 Å². The average Bonchev–Trinajstić information content (AvgIpc) is 3.42. The molecule has 1 heterocycles. The Balaban J connectivity index is 1.59. The lowest BCUT2D eigenvalue weighted by molar-refractivity contribution is -0.143. The minimum atomic E-state index is -1.24. The van der Waals surface area contributed by atoms with Crippen molar-refractivity contribution in [3.05, 3.63) is 87.7 Å². The van der Waals surface area contributed by atoms with Crippen LogP contribution in [-0.4, -0.2) is 31.5 Å². The molecule has 2 N–H and O–H groups in total. The maximum atomic E-state index is 15.9. The minimum Gasteiger partial charge on any atom is -0.482 e. The number of carbonyl (C=O) groups excluding carboxylic acids is 3. The zero-order valence-corrected chi connectivity index (χ0v) is 25.8. The molecule has 0 unspecified atom stereocenters. The Kier molecular flexibility index (Phi) is 8.47. The van der Waals surface area contributed by atoms with Crippen molar-refractivity contribution in [2.24, 2.45) is 17.3 Å². The fourth-order valence-electron chi connectivity index (χ4n) is 6.78. The lowest BCUT2D eigenvalue weighted by Gasteiger charge is -2.39. The summed E-state index contributed by atoms with van der Waals surface area (Å²) in [4.78, 5) is 39.8. The molecule has 0 bridgehead atoms. The number of benzene rings is 3. The van der Waals surface area contributed by atoms with Gasteiger partial charge in [-0.2, -0.15) is 0 Å². The Morgan fingerprint density at radius 2 is 1.81 bits per heavy atom. The van der Waals surface area contributed by atoms with Crippen LogP contribution in [0.2, 0.25) is 10.0 Å². The van der Waals surface area contributed by atoms with E-state index in [4.69, 9.17) is 27.9 Å². The van der Waals surface area contributed by atoms with Crippen LogP contribution in [0.5, 0.6) is 5.75 Å². The van der Waals surface area contributed by atoms with Gasteiger partial charge in [0.1, 0.15) is 11.6 Å². The second kappa shape index (κ2) is 11.8. The Morgan fingerprint density at radius 3 is 2.49 bits per heavy atom. The number of anilines is 2. The zero-order valence-electron chi connectivity index (χ0n) is 24.3. The van der Waals surface area contributed by atoms with Gasteiger partial charge >= 0.3 is 5.97 Å². The number of rotatable bonds is 7. The number of halogens is 3. The van der Waals surface area contributed by atoms with Gasteiger partial charge in [0, 0.05) is 28.2 Å². The Hall–Kier alpha value is -3.62. The monoisotopic (exact) mass is 626 g/mol. The molecule has 1 saturated carbocycles. The van der Waals surface area contributed by atoms with E-state index < -0.39 is 29.0 Å². The second-order valence-electron chi connectivity index (χ2n) is 12.3. The van der Waals surface area contributed by atoms with Crippen LogP contribution < -0.4 is 15.4 Å². The number of carbonyl (C=O) groups is 3. The van der Waals surface area contributed by atoms with Gasteiger partial charge in [-0.15, -0.1) is 0 Å². The summed E-state index contributed by atoms with van der Waals surface area (Å²) in [5.41, 5.74) is 0.517. The van der Waals surface area contributed by atoms with Crippen LogP contribution >= 0.6 is 23.2 Å². The molecule has 0 saturated heterocycles. The van der Waals surface area contributed by atoms with Gasteiger partial charge in [0.05, 0.1) is 17.5 Å². The Morgan fingerprint density at radius 1 is 1.09 bits per heavy atom. The van der Waals surface area contributed by atoms with Crippen LogP contribution in [0.4, 0.5) is 15.8 Å². The quantitative estimate of drug-likeness (QED) is 0.267. The highest BCUT2D eigenvalue weighted by molar-refractivity contribution is 6.31. The van der Waals surface area contributed by atoms with Crippen molar-refractivity contribution in [3.63, 3.8) is 0 Å². The van der Waals surface area contributed by atoms with Gasteiger partial charge in [-0.1, -0.05) is 62.2 Å². The predicted molar refractivity (Wildman–Crippen MR) is 164 cm³/mol. The van der Waals surface area contributed by atoms with E-state index in [0.717, 1.165) is 0 Å². The molecule has 2 aliphatic rings. The van der Waals surface area contributed by atoms with E-state index >= 15 is 4.39 Å². The summed E-state index contributed by atoms with van der Waals surface area (Å²) in [6.45, 7) is 6.01. The van der Waals surface area contributed by atoms with Gasteiger partial charge < -0.3 is 20.1 Å². The lowest BCUT2D eigenvalue weighted by atomic mass is 9.62. The van der Waals surface area contributed by atoms with E-state index in [1.807, 2.05) is 6.07 Å². The smallest absolute Gasteiger partial charge is 0.343 e. The first-order valence-corrected chi connectivity index (χ1v) is 14.8. The third-order valence-electron chi connectivity index (χ3n) is 8.34. The van der Waals surface area contributed by atoms with E-state index in [-0.39, 0.29) is 40.3 Å². The first-order valence-electron chi connectivity index (χ1n) is 14.0. The molecular weight excluding hydrogens is 594 g/mol. The molecular formula is C33H33Cl2FN2O5. The van der Waals surface area contributed by atoms with Crippen molar-refractivity contribution in [1.82, 2.24) is 0 Å². The van der Waals surface area contributed by atoms with Gasteiger partial charge in [0.15, 0.2) is 6.61 Å². The SMILES string of the molecule is COC(=O)COc1ccc(NC(=O)[C@@H]2C[C@@H](CC(C)(C)C)[C@@]3(C(=O)Nc4cc(Cl)ccc43)[C@H]2c2cccc(Cl)c2F)cc1. The summed E-state index contributed by atoms with van der Waals surface area (Å²) in [6.07, 6.45) is 0.951. The first kappa shape index (κ1) is 30.8. The highest BCUT2D eigenvalue weighted by Crippen LogP contribution is 2.64. The van der Waals surface area contributed by atoms with Crippen molar-refractivity contribution in [1.29, 1.82) is 0 Å². The van der Waals surface area contributed by atoms with Crippen LogP contribution in [0.15, 0.2) is 60.7 Å². The summed E-state index contributed by atoms with van der Waals surface area (Å²) < 4.78 is 25.9. The average molecular weight is 628 g/mol. The fraction of sp³-hybridized carbons (Fsp3) is 0.364. The number of nitrogens with one attached hydrogen (secondary N) is 2. The number of esters is 1. The van der Waals surface area contributed by atoms with Gasteiger partial charge in [0.2, 0.25) is 11.8 Å². The van der Waals surface area contributed by atoms with Gasteiger partial charge in [-0.05, 0) is 77.8 Å².